The second-order valence-electron chi connectivity index (χ2n) is 7.44. The minimum atomic E-state index is -0.449. The first-order valence-electron chi connectivity index (χ1n) is 8.22. The summed E-state index contributed by atoms with van der Waals surface area (Å²) in [4.78, 5) is 16.5. The van der Waals surface area contributed by atoms with Crippen molar-refractivity contribution in [2.24, 2.45) is 0 Å². The molecule has 1 aromatic carbocycles. The quantitative estimate of drug-likeness (QED) is 0.851. The van der Waals surface area contributed by atoms with Crippen LogP contribution in [-0.2, 0) is 11.3 Å². The maximum Gasteiger partial charge on any atom is 0.410 e. The van der Waals surface area contributed by atoms with Crippen molar-refractivity contribution in [2.45, 2.75) is 52.8 Å². The van der Waals surface area contributed by atoms with Gasteiger partial charge in [0, 0.05) is 37.9 Å². The topological polar surface area (TPSA) is 58.8 Å². The van der Waals surface area contributed by atoms with Gasteiger partial charge < -0.3 is 15.4 Å². The number of nitrogen functional groups attached to an aromatic ring is 1. The first-order valence-corrected chi connectivity index (χ1v) is 8.22. The van der Waals surface area contributed by atoms with Crippen molar-refractivity contribution < 1.29 is 9.53 Å². The average Bonchev–Trinajstić information content (AvgIpc) is 2.40. The molecule has 1 saturated heterocycles. The third-order valence-corrected chi connectivity index (χ3v) is 4.10. The third kappa shape index (κ3) is 4.86. The first kappa shape index (κ1) is 17.6. The number of nitrogens with two attached hydrogens (primary N) is 1. The highest BCUT2D eigenvalue weighted by atomic mass is 16.6. The lowest BCUT2D eigenvalue weighted by Crippen LogP contribution is -2.54. The normalized spacial score (nSPS) is 19.7. The molecule has 1 fully saturated rings. The Hall–Kier alpha value is -1.75. The van der Waals surface area contributed by atoms with Crippen LogP contribution in [0.1, 0.15) is 38.8 Å². The lowest BCUT2D eigenvalue weighted by Gasteiger charge is -2.40. The fourth-order valence-corrected chi connectivity index (χ4v) is 2.91. The molecule has 0 saturated carbocycles. The van der Waals surface area contributed by atoms with Gasteiger partial charge in [-0.1, -0.05) is 6.07 Å². The molecular weight excluding hydrogens is 290 g/mol. The van der Waals surface area contributed by atoms with Gasteiger partial charge in [-0.15, -0.1) is 0 Å². The predicted molar refractivity (Wildman–Crippen MR) is 93.3 cm³/mol. The van der Waals surface area contributed by atoms with Crippen LogP contribution in [0.4, 0.5) is 10.5 Å². The minimum Gasteiger partial charge on any atom is -0.444 e. The summed E-state index contributed by atoms with van der Waals surface area (Å²) < 4.78 is 5.49. The Morgan fingerprint density at radius 3 is 2.61 bits per heavy atom. The molecule has 1 aliphatic heterocycles. The van der Waals surface area contributed by atoms with E-state index >= 15 is 0 Å². The molecule has 0 spiro atoms. The van der Waals surface area contributed by atoms with Crippen molar-refractivity contribution in [2.75, 3.05) is 25.4 Å². The highest BCUT2D eigenvalue weighted by Crippen LogP contribution is 2.19. The molecule has 1 aromatic rings. The Bertz CT molecular complexity index is 566. The number of hydrogen-bond acceptors (Lipinski definition) is 4. The summed E-state index contributed by atoms with van der Waals surface area (Å²) in [5.74, 6) is 0. The number of piperazine rings is 1. The molecule has 0 radical (unpaired) electrons. The molecule has 1 amide bonds. The number of carbonyl (C=O) groups excluding carboxylic acids is 1. The van der Waals surface area contributed by atoms with Crippen LogP contribution in [0.25, 0.3) is 0 Å². The zero-order chi connectivity index (χ0) is 17.2. The van der Waals surface area contributed by atoms with Gasteiger partial charge in [0.15, 0.2) is 0 Å². The van der Waals surface area contributed by atoms with E-state index in [1.165, 1.54) is 11.1 Å². The Kier molecular flexibility index (Phi) is 5.19. The van der Waals surface area contributed by atoms with E-state index in [1.807, 2.05) is 37.8 Å². The zero-order valence-electron chi connectivity index (χ0n) is 14.9. The van der Waals surface area contributed by atoms with Gasteiger partial charge in [-0.3, -0.25) is 4.90 Å². The molecule has 0 bridgehead atoms. The van der Waals surface area contributed by atoms with Crippen molar-refractivity contribution in [3.8, 4) is 0 Å². The van der Waals surface area contributed by atoms with Crippen molar-refractivity contribution in [1.29, 1.82) is 0 Å². The van der Waals surface area contributed by atoms with Gasteiger partial charge in [0.05, 0.1) is 0 Å². The van der Waals surface area contributed by atoms with Crippen LogP contribution < -0.4 is 5.73 Å². The fourth-order valence-electron chi connectivity index (χ4n) is 2.91. The molecular formula is C18H29N3O2. The van der Waals surface area contributed by atoms with Crippen LogP contribution in [0.15, 0.2) is 18.2 Å². The summed E-state index contributed by atoms with van der Waals surface area (Å²) in [5.41, 5.74) is 8.67. The Morgan fingerprint density at radius 2 is 2.04 bits per heavy atom. The van der Waals surface area contributed by atoms with E-state index in [1.54, 1.807) is 0 Å². The number of amides is 1. The SMILES string of the molecule is Cc1cc(N)ccc1CN1CCN(C(=O)OC(C)(C)C)[C@@H](C)C1. The molecule has 1 aliphatic rings. The lowest BCUT2D eigenvalue weighted by molar-refractivity contribution is 0.000538. The predicted octanol–water partition coefficient (Wildman–Crippen LogP) is 3.02. The van der Waals surface area contributed by atoms with Crippen molar-refractivity contribution in [3.63, 3.8) is 0 Å². The molecule has 5 nitrogen and oxygen atoms in total. The monoisotopic (exact) mass is 319 g/mol. The molecule has 5 heteroatoms. The van der Waals surface area contributed by atoms with E-state index in [2.05, 4.69) is 24.8 Å². The van der Waals surface area contributed by atoms with Gasteiger partial charge in [-0.05, 0) is 57.9 Å². The van der Waals surface area contributed by atoms with Gasteiger partial charge in [0.1, 0.15) is 5.60 Å². The van der Waals surface area contributed by atoms with Crippen LogP contribution in [0.3, 0.4) is 0 Å². The highest BCUT2D eigenvalue weighted by Gasteiger charge is 2.30. The van der Waals surface area contributed by atoms with E-state index in [0.29, 0.717) is 6.54 Å². The number of hydrogen-bond donors (Lipinski definition) is 1. The maximum atomic E-state index is 12.3. The van der Waals surface area contributed by atoms with Crippen LogP contribution in [0, 0.1) is 6.92 Å². The number of benzene rings is 1. The number of anilines is 1. The first-order chi connectivity index (χ1) is 10.7. The van der Waals surface area contributed by atoms with Gasteiger partial charge in [0.25, 0.3) is 0 Å². The number of rotatable bonds is 2. The van der Waals surface area contributed by atoms with Crippen LogP contribution in [-0.4, -0.2) is 47.2 Å². The zero-order valence-corrected chi connectivity index (χ0v) is 14.9. The minimum absolute atomic E-state index is 0.146. The lowest BCUT2D eigenvalue weighted by atomic mass is 10.1. The number of nitrogens with zero attached hydrogens (tertiary/aromatic N) is 2. The molecule has 128 valence electrons. The molecule has 0 aliphatic carbocycles. The average molecular weight is 319 g/mol. The second kappa shape index (κ2) is 6.79. The smallest absolute Gasteiger partial charge is 0.410 e. The number of aryl methyl sites for hydroxylation is 1. The molecule has 1 heterocycles. The van der Waals surface area contributed by atoms with E-state index in [4.69, 9.17) is 10.5 Å². The molecule has 1 atom stereocenters. The van der Waals surface area contributed by atoms with Crippen molar-refractivity contribution in [3.05, 3.63) is 29.3 Å². The van der Waals surface area contributed by atoms with Crippen LogP contribution >= 0.6 is 0 Å². The summed E-state index contributed by atoms with van der Waals surface area (Å²) >= 11 is 0. The van der Waals surface area contributed by atoms with Crippen LogP contribution in [0.2, 0.25) is 0 Å². The van der Waals surface area contributed by atoms with E-state index in [0.717, 1.165) is 25.3 Å². The summed E-state index contributed by atoms with van der Waals surface area (Å²) in [6, 6.07) is 6.20. The molecule has 0 unspecified atom stereocenters. The maximum absolute atomic E-state index is 12.3. The van der Waals surface area contributed by atoms with Gasteiger partial charge in [-0.2, -0.15) is 0 Å². The largest absolute Gasteiger partial charge is 0.444 e. The van der Waals surface area contributed by atoms with E-state index in [-0.39, 0.29) is 12.1 Å². The summed E-state index contributed by atoms with van der Waals surface area (Å²) in [6.45, 7) is 13.2. The fraction of sp³-hybridized carbons (Fsp3) is 0.611. The third-order valence-electron chi connectivity index (χ3n) is 4.10. The molecule has 23 heavy (non-hydrogen) atoms. The standard InChI is InChI=1S/C18H29N3O2/c1-13-10-16(19)7-6-15(13)12-20-8-9-21(14(2)11-20)17(22)23-18(3,4)5/h6-7,10,14H,8-9,11-12,19H2,1-5H3/t14-/m0/s1. The number of ether oxygens (including phenoxy) is 1. The summed E-state index contributed by atoms with van der Waals surface area (Å²) in [7, 11) is 0. The Labute approximate surface area is 139 Å². The van der Waals surface area contributed by atoms with Gasteiger partial charge >= 0.3 is 6.09 Å². The summed E-state index contributed by atoms with van der Waals surface area (Å²) in [6.07, 6.45) is -0.215. The van der Waals surface area contributed by atoms with E-state index < -0.39 is 5.60 Å². The Balaban J connectivity index is 1.94. The van der Waals surface area contributed by atoms with Gasteiger partial charge in [0.2, 0.25) is 0 Å². The van der Waals surface area contributed by atoms with Crippen molar-refractivity contribution >= 4 is 11.8 Å². The van der Waals surface area contributed by atoms with E-state index in [9.17, 15) is 4.79 Å². The van der Waals surface area contributed by atoms with Crippen LogP contribution in [0.5, 0.6) is 0 Å². The van der Waals surface area contributed by atoms with Gasteiger partial charge in [-0.25, -0.2) is 4.79 Å². The van der Waals surface area contributed by atoms with Crippen molar-refractivity contribution in [1.82, 2.24) is 9.80 Å². The number of carbonyl (C=O) groups is 1. The Morgan fingerprint density at radius 1 is 1.35 bits per heavy atom. The molecule has 2 N–H and O–H groups in total. The molecule has 0 aromatic heterocycles. The second-order valence-corrected chi connectivity index (χ2v) is 7.44. The summed E-state index contributed by atoms with van der Waals surface area (Å²) in [5, 5.41) is 0. The molecule has 2 rings (SSSR count). The highest BCUT2D eigenvalue weighted by molar-refractivity contribution is 5.68.